The van der Waals surface area contributed by atoms with Gasteiger partial charge in [0.25, 0.3) is 5.91 Å². The Morgan fingerprint density at radius 3 is 2.95 bits per heavy atom. The number of hydrogen-bond donors (Lipinski definition) is 4. The fourth-order valence-corrected chi connectivity index (χ4v) is 7.27. The van der Waals surface area contributed by atoms with Crippen LogP contribution in [0.4, 0.5) is 5.13 Å². The van der Waals surface area contributed by atoms with E-state index in [1.54, 1.807) is 23.7 Å². The number of carboxylic acids is 1. The summed E-state index contributed by atoms with van der Waals surface area (Å²) in [6, 6.07) is 5.35. The number of H-pyrrole nitrogens is 1. The van der Waals surface area contributed by atoms with Crippen LogP contribution >= 0.6 is 34.9 Å². The number of pyridine rings is 1. The molecule has 2 amide bonds. The summed E-state index contributed by atoms with van der Waals surface area (Å²) < 4.78 is 0. The first-order valence-electron chi connectivity index (χ1n) is 10.9. The van der Waals surface area contributed by atoms with Crippen molar-refractivity contribution in [3.05, 3.63) is 46.7 Å². The molecule has 38 heavy (non-hydrogen) atoms. The summed E-state index contributed by atoms with van der Waals surface area (Å²) >= 11 is 3.45. The number of aliphatic carboxylic acids is 1. The predicted octanol–water partition coefficient (Wildman–Crippen LogP) is 1.24. The quantitative estimate of drug-likeness (QED) is 0.124. The minimum Gasteiger partial charge on any atom is -0.477 e. The van der Waals surface area contributed by atoms with E-state index < -0.39 is 22.1 Å². The second-order valence-electron chi connectivity index (χ2n) is 7.80. The molecule has 0 saturated carbocycles. The van der Waals surface area contributed by atoms with Crippen molar-refractivity contribution in [1.29, 1.82) is 0 Å². The minimum atomic E-state index is -1.48. The molecule has 5 N–H and O–H groups in total. The number of nitrogens with zero attached hydrogens (tertiary/aromatic N) is 6. The predicted molar refractivity (Wildman–Crippen MR) is 140 cm³/mol. The average Bonchev–Trinajstić information content (AvgIpc) is 3.56. The summed E-state index contributed by atoms with van der Waals surface area (Å²) in [5.41, 5.74) is 6.79. The summed E-state index contributed by atoms with van der Waals surface area (Å²) in [7, 11) is 1.29. The van der Waals surface area contributed by atoms with Gasteiger partial charge in [-0.05, 0) is 12.1 Å². The van der Waals surface area contributed by atoms with Crippen LogP contribution in [0.5, 0.6) is 0 Å². The molecule has 0 radical (unpaired) electrons. The molecule has 0 aliphatic carbocycles. The topological polar surface area (TPSA) is 202 Å². The van der Waals surface area contributed by atoms with Crippen molar-refractivity contribution in [1.82, 2.24) is 35.4 Å². The third-order valence-electron chi connectivity index (χ3n) is 5.55. The molecule has 0 bridgehead atoms. The molecule has 0 aromatic carbocycles. The standard InChI is InChI=1S/C21H19N9O5S3/c1-35-24-7-13(31)27-21(12-9-36-19(22)25-12)10(16(18(33)34)30-14(32)6-15(30)38-21)8-37-20-26-17(28-29-20)11-4-2-3-5-23-11/h2-5,7,9,15H,6,8H2,1H3,(H2,22,25)(H,27,31)(H,33,34)(H,26,28,29)/t15-,21?/m0/s1. The largest absolute Gasteiger partial charge is 0.477 e. The Labute approximate surface area is 227 Å². The van der Waals surface area contributed by atoms with Gasteiger partial charge in [-0.1, -0.05) is 34.7 Å². The SMILES string of the molecule is CON=CC(=O)NC1(c2csc(N)n2)S[C@H]2CC(=O)N2C(C(=O)O)=C1CSc1n[nH]c(-c2ccccn2)n1. The number of thioether (sulfide) groups is 2. The van der Waals surface area contributed by atoms with Gasteiger partial charge in [-0.25, -0.2) is 9.78 Å². The number of fused-ring (bicyclic) bond motifs is 1. The zero-order chi connectivity index (χ0) is 26.9. The molecule has 5 heterocycles. The van der Waals surface area contributed by atoms with E-state index in [9.17, 15) is 19.5 Å². The van der Waals surface area contributed by atoms with Gasteiger partial charge < -0.3 is 21.0 Å². The molecular formula is C21H19N9O5S3. The smallest absolute Gasteiger partial charge is 0.352 e. The van der Waals surface area contributed by atoms with Gasteiger partial charge in [-0.15, -0.1) is 16.4 Å². The third-order valence-corrected chi connectivity index (χ3v) is 8.66. The van der Waals surface area contributed by atoms with Crippen molar-refractivity contribution in [3.63, 3.8) is 0 Å². The van der Waals surface area contributed by atoms with Crippen molar-refractivity contribution in [2.45, 2.75) is 21.8 Å². The van der Waals surface area contributed by atoms with E-state index in [2.05, 4.69) is 40.5 Å². The monoisotopic (exact) mass is 573 g/mol. The minimum absolute atomic E-state index is 0.0101. The van der Waals surface area contributed by atoms with Crippen molar-refractivity contribution >= 4 is 64.0 Å². The van der Waals surface area contributed by atoms with Crippen LogP contribution in [-0.2, 0) is 24.1 Å². The number of nitrogens with two attached hydrogens (primary N) is 1. The van der Waals surface area contributed by atoms with E-state index in [4.69, 9.17) is 5.73 Å². The third kappa shape index (κ3) is 4.70. The van der Waals surface area contributed by atoms with Gasteiger partial charge >= 0.3 is 5.97 Å². The number of amides is 2. The molecule has 196 valence electrons. The summed E-state index contributed by atoms with van der Waals surface area (Å²) in [5.74, 6) is -1.90. The van der Waals surface area contributed by atoms with E-state index >= 15 is 0 Å². The number of aromatic nitrogens is 5. The fourth-order valence-electron chi connectivity index (χ4n) is 3.94. The van der Waals surface area contributed by atoms with Gasteiger partial charge in [0.2, 0.25) is 11.1 Å². The maximum absolute atomic E-state index is 12.9. The van der Waals surface area contributed by atoms with E-state index in [-0.39, 0.29) is 34.5 Å². The van der Waals surface area contributed by atoms with Crippen LogP contribution in [0.25, 0.3) is 11.5 Å². The molecule has 0 spiro atoms. The first-order valence-corrected chi connectivity index (χ1v) is 13.6. The molecule has 1 unspecified atom stereocenters. The van der Waals surface area contributed by atoms with Gasteiger partial charge in [0, 0.05) is 22.9 Å². The van der Waals surface area contributed by atoms with Crippen molar-refractivity contribution < 1.29 is 24.3 Å². The Kier molecular flexibility index (Phi) is 7.04. The number of carbonyl (C=O) groups excluding carboxylic acids is 2. The van der Waals surface area contributed by atoms with Crippen LogP contribution < -0.4 is 11.1 Å². The highest BCUT2D eigenvalue weighted by atomic mass is 32.2. The van der Waals surface area contributed by atoms with Gasteiger partial charge in [0.1, 0.15) is 24.7 Å². The lowest BCUT2D eigenvalue weighted by atomic mass is 9.98. The van der Waals surface area contributed by atoms with Crippen molar-refractivity contribution in [3.8, 4) is 11.5 Å². The molecule has 2 aliphatic rings. The number of nitrogens with one attached hydrogen (secondary N) is 2. The zero-order valence-corrected chi connectivity index (χ0v) is 22.0. The van der Waals surface area contributed by atoms with E-state index in [0.29, 0.717) is 22.4 Å². The number of thiazole rings is 1. The molecule has 3 aromatic heterocycles. The van der Waals surface area contributed by atoms with E-state index in [0.717, 1.165) is 29.3 Å². The Bertz CT molecular complexity index is 1460. The fraction of sp³-hybridized carbons (Fsp3) is 0.238. The molecule has 17 heteroatoms. The van der Waals surface area contributed by atoms with Crippen LogP contribution in [0.2, 0.25) is 0 Å². The number of oxime groups is 1. The molecule has 1 fully saturated rings. The molecule has 2 atom stereocenters. The molecular weight excluding hydrogens is 554 g/mol. The van der Waals surface area contributed by atoms with Gasteiger partial charge in [0.05, 0.1) is 17.5 Å². The molecule has 1 saturated heterocycles. The van der Waals surface area contributed by atoms with Crippen LogP contribution in [0.15, 0.2) is 51.4 Å². The number of rotatable bonds is 9. The van der Waals surface area contributed by atoms with Crippen molar-refractivity contribution in [2.75, 3.05) is 18.6 Å². The molecule has 5 rings (SSSR count). The number of hydrogen-bond acceptors (Lipinski definition) is 13. The number of nitrogen functional groups attached to an aromatic ring is 1. The summed E-state index contributed by atoms with van der Waals surface area (Å²) in [6.07, 6.45) is 2.65. The normalized spacial score (nSPS) is 20.8. The highest BCUT2D eigenvalue weighted by molar-refractivity contribution is 8.01. The number of β-lactam (4-membered cyclic amide) rings is 1. The number of carbonyl (C=O) groups is 3. The Morgan fingerprint density at radius 1 is 1.45 bits per heavy atom. The second-order valence-corrected chi connectivity index (χ2v) is 11.0. The highest BCUT2D eigenvalue weighted by Crippen LogP contribution is 2.55. The maximum Gasteiger partial charge on any atom is 0.352 e. The van der Waals surface area contributed by atoms with Crippen LogP contribution in [0.1, 0.15) is 12.1 Å². The summed E-state index contributed by atoms with van der Waals surface area (Å²) in [4.78, 5) is 55.4. The van der Waals surface area contributed by atoms with E-state index in [1.165, 1.54) is 23.8 Å². The number of aromatic amines is 1. The van der Waals surface area contributed by atoms with Gasteiger partial charge in [-0.2, -0.15) is 4.98 Å². The number of anilines is 1. The van der Waals surface area contributed by atoms with Crippen molar-refractivity contribution in [2.24, 2.45) is 5.16 Å². The first-order chi connectivity index (χ1) is 18.3. The Balaban J connectivity index is 1.58. The molecule has 2 aliphatic heterocycles. The zero-order valence-electron chi connectivity index (χ0n) is 19.5. The lowest BCUT2D eigenvalue weighted by molar-refractivity contribution is -0.146. The Hall–Kier alpha value is -3.96. The van der Waals surface area contributed by atoms with Gasteiger partial charge in [0.15, 0.2) is 15.8 Å². The average molecular weight is 574 g/mol. The summed E-state index contributed by atoms with van der Waals surface area (Å²) in [5, 5.41) is 25.3. The molecule has 3 aromatic rings. The van der Waals surface area contributed by atoms with Crippen LogP contribution in [-0.4, -0.2) is 77.4 Å². The lowest BCUT2D eigenvalue weighted by Gasteiger charge is -2.51. The van der Waals surface area contributed by atoms with Gasteiger partial charge in [-0.3, -0.25) is 24.6 Å². The lowest BCUT2D eigenvalue weighted by Crippen LogP contribution is -2.61. The second kappa shape index (κ2) is 10.4. The Morgan fingerprint density at radius 2 is 2.29 bits per heavy atom. The van der Waals surface area contributed by atoms with Crippen LogP contribution in [0.3, 0.4) is 0 Å². The maximum atomic E-state index is 12.9. The summed E-state index contributed by atoms with van der Waals surface area (Å²) in [6.45, 7) is 0. The van der Waals surface area contributed by atoms with E-state index in [1.807, 2.05) is 6.07 Å². The van der Waals surface area contributed by atoms with Crippen LogP contribution in [0, 0.1) is 0 Å². The molecule has 14 nitrogen and oxygen atoms in total. The number of carboxylic acid groups (broad SMARTS) is 1. The highest BCUT2D eigenvalue weighted by Gasteiger charge is 2.56. The first kappa shape index (κ1) is 25.7.